The lowest BCUT2D eigenvalue weighted by Gasteiger charge is -2.26. The number of aliphatic carboxylic acids is 1. The van der Waals surface area contributed by atoms with Crippen LogP contribution in [0.4, 0.5) is 0 Å². The highest BCUT2D eigenvalue weighted by atomic mass is 16.7. The monoisotopic (exact) mass is 1190 g/mol. The van der Waals surface area contributed by atoms with Gasteiger partial charge in [-0.3, -0.25) is 9.59 Å². The fourth-order valence-electron chi connectivity index (χ4n) is 10.7. The Morgan fingerprint density at radius 2 is 0.671 bits per heavy atom. The van der Waals surface area contributed by atoms with Crippen molar-refractivity contribution in [1.82, 2.24) is 0 Å². The van der Waals surface area contributed by atoms with Gasteiger partial charge in [-0.05, 0) is 77.0 Å². The van der Waals surface area contributed by atoms with Gasteiger partial charge < -0.3 is 33.3 Å². The van der Waals surface area contributed by atoms with E-state index in [9.17, 15) is 19.5 Å². The lowest BCUT2D eigenvalue weighted by molar-refractivity contribution is -0.870. The molecule has 0 aliphatic rings. The zero-order valence-electron chi connectivity index (χ0n) is 56.7. The number of unbranched alkanes of at least 4 members (excludes halogenated alkanes) is 43. The van der Waals surface area contributed by atoms with Crippen LogP contribution in [0.15, 0.2) is 60.8 Å². The van der Waals surface area contributed by atoms with Crippen molar-refractivity contribution >= 4 is 17.9 Å². The van der Waals surface area contributed by atoms with E-state index in [2.05, 4.69) is 74.6 Å². The number of carbonyl (C=O) groups is 3. The summed E-state index contributed by atoms with van der Waals surface area (Å²) in [6.45, 7) is 4.69. The van der Waals surface area contributed by atoms with Gasteiger partial charge in [-0.2, -0.15) is 0 Å². The average Bonchev–Trinajstić information content (AvgIpc) is 3.49. The highest BCUT2D eigenvalue weighted by Gasteiger charge is 2.22. The first kappa shape index (κ1) is 82.0. The highest BCUT2D eigenvalue weighted by Crippen LogP contribution is 2.19. The molecule has 0 aliphatic heterocycles. The quantitative estimate of drug-likeness (QED) is 0.0195. The van der Waals surface area contributed by atoms with E-state index in [0.717, 1.165) is 57.8 Å². The molecule has 0 spiro atoms. The van der Waals surface area contributed by atoms with E-state index < -0.39 is 24.3 Å². The number of rotatable bonds is 68. The number of carboxylic acids is 1. The van der Waals surface area contributed by atoms with Crippen molar-refractivity contribution in [3.63, 3.8) is 0 Å². The molecule has 0 heterocycles. The van der Waals surface area contributed by atoms with Crippen LogP contribution in [-0.2, 0) is 33.3 Å². The average molecular weight is 1190 g/mol. The van der Waals surface area contributed by atoms with E-state index in [1.165, 1.54) is 257 Å². The van der Waals surface area contributed by atoms with E-state index in [1.807, 2.05) is 21.1 Å². The number of hydrogen-bond donors (Lipinski definition) is 0. The SMILES string of the molecule is CC/C=C\C/C=C\C/C=C\C/C=C\CCCCCCCCCCCCCCCCCCCCC(=O)OC(COC(=O)CCCCCCCCCCCCCCCCCCC/C=C\CCCCCCCCCC)COC(OCC[N+](C)(C)C)C(=O)[O-]. The van der Waals surface area contributed by atoms with Crippen LogP contribution in [0, 0.1) is 0 Å². The van der Waals surface area contributed by atoms with Crippen LogP contribution in [0.5, 0.6) is 0 Å². The first-order valence-electron chi connectivity index (χ1n) is 36.4. The fraction of sp³-hybridized carbons (Fsp3) is 0.829. The Bertz CT molecular complexity index is 1580. The first-order valence-corrected chi connectivity index (χ1v) is 36.4. The van der Waals surface area contributed by atoms with E-state index in [-0.39, 0.29) is 32.2 Å². The molecule has 0 amide bonds. The van der Waals surface area contributed by atoms with E-state index in [4.69, 9.17) is 18.9 Å². The van der Waals surface area contributed by atoms with Crippen molar-refractivity contribution in [2.75, 3.05) is 47.5 Å². The molecule has 0 saturated carbocycles. The Hall–Kier alpha value is -3.01. The van der Waals surface area contributed by atoms with Gasteiger partial charge in [0.25, 0.3) is 0 Å². The Balaban J connectivity index is 4.05. The summed E-state index contributed by atoms with van der Waals surface area (Å²) in [5.41, 5.74) is 0. The zero-order valence-corrected chi connectivity index (χ0v) is 56.7. The second kappa shape index (κ2) is 66.9. The van der Waals surface area contributed by atoms with Gasteiger partial charge in [0.1, 0.15) is 13.2 Å². The molecule has 0 fully saturated rings. The summed E-state index contributed by atoms with van der Waals surface area (Å²) in [4.78, 5) is 37.5. The number of carbonyl (C=O) groups excluding carboxylic acids is 3. The number of ether oxygens (including phenoxy) is 4. The highest BCUT2D eigenvalue weighted by molar-refractivity contribution is 5.70. The number of hydrogen-bond acceptors (Lipinski definition) is 8. The van der Waals surface area contributed by atoms with Gasteiger partial charge in [0.15, 0.2) is 12.4 Å². The van der Waals surface area contributed by atoms with Crippen LogP contribution in [0.1, 0.15) is 348 Å². The Morgan fingerprint density at radius 1 is 0.365 bits per heavy atom. The van der Waals surface area contributed by atoms with Gasteiger partial charge in [0.05, 0.1) is 40.3 Å². The van der Waals surface area contributed by atoms with Gasteiger partial charge in [-0.15, -0.1) is 0 Å². The topological polar surface area (TPSA) is 111 Å². The number of esters is 2. The van der Waals surface area contributed by atoms with Crippen LogP contribution in [-0.4, -0.2) is 82.3 Å². The lowest BCUT2D eigenvalue weighted by Crippen LogP contribution is -2.44. The van der Waals surface area contributed by atoms with Crippen LogP contribution < -0.4 is 5.11 Å². The van der Waals surface area contributed by atoms with Crippen molar-refractivity contribution in [3.8, 4) is 0 Å². The predicted molar refractivity (Wildman–Crippen MR) is 362 cm³/mol. The van der Waals surface area contributed by atoms with Gasteiger partial charge >= 0.3 is 11.9 Å². The second-order valence-electron chi connectivity index (χ2n) is 25.9. The molecule has 0 radical (unpaired) electrons. The molecule has 2 atom stereocenters. The minimum atomic E-state index is -1.62. The maximum absolute atomic E-state index is 12.9. The Labute approximate surface area is 526 Å². The molecular formula is C76H139NO8. The molecule has 9 heteroatoms. The maximum atomic E-state index is 12.9. The van der Waals surface area contributed by atoms with Crippen molar-refractivity contribution in [1.29, 1.82) is 0 Å². The third-order valence-electron chi connectivity index (χ3n) is 16.2. The smallest absolute Gasteiger partial charge is 0.306 e. The maximum Gasteiger partial charge on any atom is 0.306 e. The summed E-state index contributed by atoms with van der Waals surface area (Å²) in [6.07, 6.45) is 84.6. The predicted octanol–water partition coefficient (Wildman–Crippen LogP) is 21.4. The van der Waals surface area contributed by atoms with Gasteiger partial charge in [0.2, 0.25) is 0 Å². The van der Waals surface area contributed by atoms with Crippen LogP contribution >= 0.6 is 0 Å². The summed E-state index contributed by atoms with van der Waals surface area (Å²) in [7, 11) is 5.94. The lowest BCUT2D eigenvalue weighted by atomic mass is 10.0. The number of likely N-dealkylation sites (N-methyl/N-ethyl adjacent to an activating group) is 1. The zero-order chi connectivity index (χ0) is 61.9. The molecule has 0 aromatic carbocycles. The minimum Gasteiger partial charge on any atom is -0.545 e. The first-order chi connectivity index (χ1) is 41.6. The van der Waals surface area contributed by atoms with Crippen molar-refractivity contribution < 1.29 is 42.9 Å². The van der Waals surface area contributed by atoms with Crippen LogP contribution in [0.2, 0.25) is 0 Å². The van der Waals surface area contributed by atoms with Crippen molar-refractivity contribution in [2.24, 2.45) is 0 Å². The summed E-state index contributed by atoms with van der Waals surface area (Å²) in [6, 6.07) is 0. The molecule has 2 unspecified atom stereocenters. The molecule has 0 aromatic rings. The Morgan fingerprint density at radius 3 is 1.01 bits per heavy atom. The van der Waals surface area contributed by atoms with E-state index in [0.29, 0.717) is 23.9 Å². The molecular weight excluding hydrogens is 1050 g/mol. The molecule has 9 nitrogen and oxygen atoms in total. The minimum absolute atomic E-state index is 0.149. The normalized spacial score (nSPS) is 13.0. The van der Waals surface area contributed by atoms with Crippen LogP contribution in [0.3, 0.4) is 0 Å². The molecule has 85 heavy (non-hydrogen) atoms. The van der Waals surface area contributed by atoms with Gasteiger partial charge in [0, 0.05) is 12.8 Å². The van der Waals surface area contributed by atoms with Gasteiger partial charge in [-0.25, -0.2) is 0 Å². The molecule has 0 aromatic heterocycles. The second-order valence-corrected chi connectivity index (χ2v) is 25.9. The summed E-state index contributed by atoms with van der Waals surface area (Å²) < 4.78 is 22.8. The summed E-state index contributed by atoms with van der Waals surface area (Å²) >= 11 is 0. The van der Waals surface area contributed by atoms with Crippen LogP contribution in [0.25, 0.3) is 0 Å². The number of allylic oxidation sites excluding steroid dienone is 10. The standard InChI is InChI=1S/C76H139NO8/c1-6-8-10-12-14-16-18-20-22-24-26-28-30-32-34-36-37-39-41-43-45-47-49-51-53-55-57-59-61-63-65-67-74(79)85-72(71-84-76(75(80)81)82-69-68-77(3,4)5)70-83-73(78)66-64-62-60-58-56-54-52-50-48-46-44-42-40-38-35-33-31-29-27-25-23-21-19-17-15-13-11-9-7-2/h8,10,14,16,20,22,25-28,72,76H,6-7,9,11-13,15,17-19,21,23-24,29-71H2,1-5H3/b10-8-,16-14-,22-20-,27-25-,28-26-. The Kier molecular flexibility index (Phi) is 64.6. The van der Waals surface area contributed by atoms with Gasteiger partial charge in [-0.1, -0.05) is 319 Å². The van der Waals surface area contributed by atoms with Crippen molar-refractivity contribution in [2.45, 2.75) is 360 Å². The summed E-state index contributed by atoms with van der Waals surface area (Å²) in [5, 5.41) is 11.8. The van der Waals surface area contributed by atoms with E-state index in [1.54, 1.807) is 0 Å². The fourth-order valence-corrected chi connectivity index (χ4v) is 10.7. The molecule has 0 aliphatic carbocycles. The summed E-state index contributed by atoms with van der Waals surface area (Å²) in [5.74, 6) is -2.26. The number of nitrogens with zero attached hydrogens (tertiary/aromatic N) is 1. The largest absolute Gasteiger partial charge is 0.545 e. The number of carboxylic acid groups (broad SMARTS) is 1. The van der Waals surface area contributed by atoms with E-state index >= 15 is 0 Å². The number of quaternary nitrogens is 1. The van der Waals surface area contributed by atoms with Crippen molar-refractivity contribution in [3.05, 3.63) is 60.8 Å². The molecule has 0 bridgehead atoms. The molecule has 0 N–H and O–H groups in total. The third-order valence-corrected chi connectivity index (χ3v) is 16.2. The molecule has 496 valence electrons. The molecule has 0 rings (SSSR count). The third kappa shape index (κ3) is 68.3. The molecule has 0 saturated heterocycles.